The van der Waals surface area contributed by atoms with Crippen molar-refractivity contribution in [1.82, 2.24) is 5.32 Å². The van der Waals surface area contributed by atoms with E-state index in [0.29, 0.717) is 6.54 Å². The molecule has 0 aliphatic rings. The van der Waals surface area contributed by atoms with Crippen LogP contribution in [0.15, 0.2) is 18.2 Å². The van der Waals surface area contributed by atoms with Crippen molar-refractivity contribution in [1.29, 1.82) is 0 Å². The molecule has 7 nitrogen and oxygen atoms in total. The van der Waals surface area contributed by atoms with Crippen molar-refractivity contribution in [3.05, 3.63) is 33.9 Å². The van der Waals surface area contributed by atoms with E-state index in [1.54, 1.807) is 19.2 Å². The first-order valence-corrected chi connectivity index (χ1v) is 6.78. The Morgan fingerprint density at radius 2 is 2.10 bits per heavy atom. The minimum absolute atomic E-state index is 0.00735. The molecule has 0 saturated heterocycles. The van der Waals surface area contributed by atoms with Crippen LogP contribution in [0.25, 0.3) is 0 Å². The second-order valence-electron chi connectivity index (χ2n) is 4.94. The molecule has 0 radical (unpaired) electrons. The highest BCUT2D eigenvalue weighted by molar-refractivity contribution is 5.48. The van der Waals surface area contributed by atoms with Crippen molar-refractivity contribution in [2.75, 3.05) is 20.3 Å². The van der Waals surface area contributed by atoms with E-state index in [1.165, 1.54) is 6.07 Å². The van der Waals surface area contributed by atoms with Crippen LogP contribution < -0.4 is 10.1 Å². The van der Waals surface area contributed by atoms with Crippen molar-refractivity contribution < 1.29 is 19.5 Å². The van der Waals surface area contributed by atoms with E-state index in [1.807, 2.05) is 13.8 Å². The number of nitro benzene ring substituents is 1. The van der Waals surface area contributed by atoms with Gasteiger partial charge in [-0.3, -0.25) is 10.1 Å². The molecule has 0 aliphatic carbocycles. The maximum atomic E-state index is 11.0. The van der Waals surface area contributed by atoms with Crippen LogP contribution in [-0.2, 0) is 11.3 Å². The molecule has 21 heavy (non-hydrogen) atoms. The van der Waals surface area contributed by atoms with Gasteiger partial charge in [0.15, 0.2) is 5.75 Å². The standard InChI is InChI=1S/C14H22N2O5/c1-10(2)20-8-12(17)9-21-14-6-11(7-15-3)4-5-13(14)16(18)19/h4-6,10,12,15,17H,7-9H2,1-3H3. The Kier molecular flexibility index (Phi) is 7.07. The van der Waals surface area contributed by atoms with Crippen molar-refractivity contribution in [2.45, 2.75) is 32.6 Å². The van der Waals surface area contributed by atoms with Gasteiger partial charge in [-0.05, 0) is 32.5 Å². The topological polar surface area (TPSA) is 93.9 Å². The van der Waals surface area contributed by atoms with Crippen molar-refractivity contribution in [3.8, 4) is 5.75 Å². The first kappa shape index (κ1) is 17.4. The van der Waals surface area contributed by atoms with Crippen LogP contribution in [0.5, 0.6) is 5.75 Å². The molecule has 1 unspecified atom stereocenters. The van der Waals surface area contributed by atoms with E-state index in [-0.39, 0.29) is 30.8 Å². The lowest BCUT2D eigenvalue weighted by atomic mass is 10.2. The van der Waals surface area contributed by atoms with Crippen molar-refractivity contribution >= 4 is 5.69 Å². The summed E-state index contributed by atoms with van der Waals surface area (Å²) in [6.07, 6.45) is -0.826. The summed E-state index contributed by atoms with van der Waals surface area (Å²) in [5, 5.41) is 23.7. The normalized spacial score (nSPS) is 12.4. The Hall–Kier alpha value is -1.70. The van der Waals surface area contributed by atoms with Crippen LogP contribution >= 0.6 is 0 Å². The molecule has 1 rings (SSSR count). The summed E-state index contributed by atoms with van der Waals surface area (Å²) < 4.78 is 10.6. The largest absolute Gasteiger partial charge is 0.484 e. The third-order valence-corrected chi connectivity index (χ3v) is 2.65. The molecule has 1 aromatic carbocycles. The van der Waals surface area contributed by atoms with Crippen LogP contribution in [0, 0.1) is 10.1 Å². The molecule has 0 spiro atoms. The second-order valence-corrected chi connectivity index (χ2v) is 4.94. The number of benzene rings is 1. The number of hydrogen-bond donors (Lipinski definition) is 2. The number of hydrogen-bond acceptors (Lipinski definition) is 6. The lowest BCUT2D eigenvalue weighted by molar-refractivity contribution is -0.386. The van der Waals surface area contributed by atoms with Gasteiger partial charge in [-0.2, -0.15) is 0 Å². The number of nitrogens with zero attached hydrogens (tertiary/aromatic N) is 1. The fraction of sp³-hybridized carbons (Fsp3) is 0.571. The van der Waals surface area contributed by atoms with Gasteiger partial charge in [0.25, 0.3) is 0 Å². The maximum Gasteiger partial charge on any atom is 0.310 e. The zero-order valence-corrected chi connectivity index (χ0v) is 12.5. The van der Waals surface area contributed by atoms with Gasteiger partial charge < -0.3 is 19.9 Å². The zero-order chi connectivity index (χ0) is 15.8. The number of aliphatic hydroxyl groups is 1. The van der Waals surface area contributed by atoms with Gasteiger partial charge in [-0.1, -0.05) is 6.07 Å². The smallest absolute Gasteiger partial charge is 0.310 e. The molecular weight excluding hydrogens is 276 g/mol. The number of nitrogens with one attached hydrogen (secondary N) is 1. The highest BCUT2D eigenvalue weighted by Gasteiger charge is 2.17. The SMILES string of the molecule is CNCc1ccc([N+](=O)[O-])c(OCC(O)COC(C)C)c1. The summed E-state index contributed by atoms with van der Waals surface area (Å²) in [5.41, 5.74) is 0.748. The molecule has 0 aliphatic heterocycles. The Labute approximate surface area is 124 Å². The molecule has 118 valence electrons. The number of nitro groups is 1. The predicted molar refractivity (Wildman–Crippen MR) is 78.4 cm³/mol. The quantitative estimate of drug-likeness (QED) is 0.530. The summed E-state index contributed by atoms with van der Waals surface area (Å²) in [7, 11) is 1.79. The average molecular weight is 298 g/mol. The Morgan fingerprint density at radius 1 is 1.38 bits per heavy atom. The fourth-order valence-electron chi connectivity index (χ4n) is 1.68. The van der Waals surface area contributed by atoms with Gasteiger partial charge in [0, 0.05) is 12.6 Å². The highest BCUT2D eigenvalue weighted by Crippen LogP contribution is 2.28. The van der Waals surface area contributed by atoms with Crippen LogP contribution in [0.1, 0.15) is 19.4 Å². The molecule has 7 heteroatoms. The van der Waals surface area contributed by atoms with Gasteiger partial charge in [0.2, 0.25) is 0 Å². The summed E-state index contributed by atoms with van der Waals surface area (Å²) in [6.45, 7) is 4.37. The van der Waals surface area contributed by atoms with E-state index in [2.05, 4.69) is 5.32 Å². The maximum absolute atomic E-state index is 11.0. The summed E-state index contributed by atoms with van der Waals surface area (Å²) >= 11 is 0. The van der Waals surface area contributed by atoms with Crippen LogP contribution in [0.3, 0.4) is 0 Å². The van der Waals surface area contributed by atoms with Gasteiger partial charge in [0.1, 0.15) is 12.7 Å². The lowest BCUT2D eigenvalue weighted by Gasteiger charge is -2.15. The lowest BCUT2D eigenvalue weighted by Crippen LogP contribution is -2.25. The third kappa shape index (κ3) is 6.07. The Morgan fingerprint density at radius 3 is 2.67 bits per heavy atom. The van der Waals surface area contributed by atoms with E-state index < -0.39 is 11.0 Å². The zero-order valence-electron chi connectivity index (χ0n) is 12.5. The molecule has 0 heterocycles. The molecule has 2 N–H and O–H groups in total. The van der Waals surface area contributed by atoms with Gasteiger partial charge in [0.05, 0.1) is 17.6 Å². The molecule has 0 bridgehead atoms. The summed E-state index contributed by atoms with van der Waals surface area (Å²) in [5.74, 6) is 0.149. The average Bonchev–Trinajstić information content (AvgIpc) is 2.43. The monoisotopic (exact) mass is 298 g/mol. The third-order valence-electron chi connectivity index (χ3n) is 2.65. The minimum atomic E-state index is -0.833. The van der Waals surface area contributed by atoms with E-state index >= 15 is 0 Å². The molecule has 0 aromatic heterocycles. The fourth-order valence-corrected chi connectivity index (χ4v) is 1.68. The summed E-state index contributed by atoms with van der Waals surface area (Å²) in [6, 6.07) is 4.67. The second kappa shape index (κ2) is 8.56. The molecule has 0 amide bonds. The van der Waals surface area contributed by atoms with Crippen molar-refractivity contribution in [3.63, 3.8) is 0 Å². The molecule has 1 atom stereocenters. The van der Waals surface area contributed by atoms with Gasteiger partial charge in [-0.15, -0.1) is 0 Å². The highest BCUT2D eigenvalue weighted by atomic mass is 16.6. The van der Waals surface area contributed by atoms with Crippen LogP contribution in [0.2, 0.25) is 0 Å². The minimum Gasteiger partial charge on any atom is -0.484 e. The van der Waals surface area contributed by atoms with Crippen molar-refractivity contribution in [2.24, 2.45) is 0 Å². The first-order chi connectivity index (χ1) is 9.93. The number of aliphatic hydroxyl groups excluding tert-OH is 1. The number of rotatable bonds is 9. The van der Waals surface area contributed by atoms with Crippen LogP contribution in [0.4, 0.5) is 5.69 Å². The van der Waals surface area contributed by atoms with Gasteiger partial charge in [-0.25, -0.2) is 0 Å². The summed E-state index contributed by atoms with van der Waals surface area (Å²) in [4.78, 5) is 10.5. The van der Waals surface area contributed by atoms with Crippen LogP contribution in [-0.4, -0.2) is 42.5 Å². The van der Waals surface area contributed by atoms with E-state index in [0.717, 1.165) is 5.56 Å². The van der Waals surface area contributed by atoms with Gasteiger partial charge >= 0.3 is 5.69 Å². The van der Waals surface area contributed by atoms with E-state index in [9.17, 15) is 15.2 Å². The molecule has 0 fully saturated rings. The Bertz CT molecular complexity index is 465. The molecule has 0 saturated carbocycles. The molecule has 1 aromatic rings. The molecular formula is C14H22N2O5. The predicted octanol–water partition coefficient (Wildman–Crippen LogP) is 1.48. The first-order valence-electron chi connectivity index (χ1n) is 6.78. The Balaban J connectivity index is 2.70. The number of ether oxygens (including phenoxy) is 2. The van der Waals surface area contributed by atoms with E-state index in [4.69, 9.17) is 9.47 Å².